The lowest BCUT2D eigenvalue weighted by molar-refractivity contribution is 0.0947. The van der Waals surface area contributed by atoms with Crippen LogP contribution in [-0.2, 0) is 12.8 Å². The number of rotatable bonds is 5. The first-order chi connectivity index (χ1) is 11.6. The summed E-state index contributed by atoms with van der Waals surface area (Å²) >= 11 is 0. The van der Waals surface area contributed by atoms with Crippen LogP contribution < -0.4 is 5.32 Å². The number of carbonyl (C=O) groups is 1. The summed E-state index contributed by atoms with van der Waals surface area (Å²) < 4.78 is 1.87. The van der Waals surface area contributed by atoms with Crippen molar-refractivity contribution < 1.29 is 9.90 Å². The van der Waals surface area contributed by atoms with Gasteiger partial charge in [0.1, 0.15) is 17.1 Å². The Bertz CT molecular complexity index is 866. The van der Waals surface area contributed by atoms with E-state index in [1.807, 2.05) is 48.7 Å². The van der Waals surface area contributed by atoms with E-state index in [1.54, 1.807) is 12.1 Å². The van der Waals surface area contributed by atoms with E-state index in [1.165, 1.54) is 0 Å². The number of carbonyl (C=O) groups excluding carboxylic acids is 1. The largest absolute Gasteiger partial charge is 0.508 e. The van der Waals surface area contributed by atoms with Gasteiger partial charge in [-0.1, -0.05) is 25.1 Å². The van der Waals surface area contributed by atoms with Gasteiger partial charge in [0.05, 0.1) is 5.69 Å². The molecule has 2 heterocycles. The second-order valence-corrected chi connectivity index (χ2v) is 5.82. The molecule has 1 amide bonds. The fourth-order valence-corrected chi connectivity index (χ4v) is 2.80. The third-order valence-electron chi connectivity index (χ3n) is 4.10. The van der Waals surface area contributed by atoms with Gasteiger partial charge in [-0.25, -0.2) is 4.98 Å². The monoisotopic (exact) mass is 323 g/mol. The number of imidazole rings is 1. The van der Waals surface area contributed by atoms with Crippen LogP contribution in [0.3, 0.4) is 0 Å². The van der Waals surface area contributed by atoms with Crippen molar-refractivity contribution in [2.45, 2.75) is 26.7 Å². The Hall–Kier alpha value is -2.82. The highest BCUT2D eigenvalue weighted by Crippen LogP contribution is 2.16. The number of benzene rings is 1. The van der Waals surface area contributed by atoms with Gasteiger partial charge in [0.25, 0.3) is 5.91 Å². The van der Waals surface area contributed by atoms with Gasteiger partial charge in [0.15, 0.2) is 0 Å². The van der Waals surface area contributed by atoms with E-state index in [-0.39, 0.29) is 11.7 Å². The number of pyridine rings is 1. The molecule has 1 aromatic carbocycles. The number of phenolic OH excluding ortho intramolecular Hbond substituents is 1. The fourth-order valence-electron chi connectivity index (χ4n) is 2.80. The first kappa shape index (κ1) is 16.1. The van der Waals surface area contributed by atoms with Crippen molar-refractivity contribution in [3.63, 3.8) is 0 Å². The summed E-state index contributed by atoms with van der Waals surface area (Å²) in [5, 5.41) is 12.3. The predicted molar refractivity (Wildman–Crippen MR) is 93.5 cm³/mol. The Kier molecular flexibility index (Phi) is 4.51. The average Bonchev–Trinajstić information content (AvgIpc) is 2.97. The Balaban J connectivity index is 1.76. The molecule has 0 aliphatic heterocycles. The molecule has 2 N–H and O–H groups in total. The quantitative estimate of drug-likeness (QED) is 0.759. The number of nitrogens with zero attached hydrogens (tertiary/aromatic N) is 2. The average molecular weight is 323 g/mol. The molecule has 3 rings (SSSR count). The number of phenols is 1. The summed E-state index contributed by atoms with van der Waals surface area (Å²) in [6.07, 6.45) is 3.30. The van der Waals surface area contributed by atoms with Crippen molar-refractivity contribution in [1.82, 2.24) is 14.7 Å². The van der Waals surface area contributed by atoms with Crippen LogP contribution in [-0.4, -0.2) is 26.9 Å². The molecule has 5 nitrogen and oxygen atoms in total. The molecular formula is C19H21N3O2. The maximum atomic E-state index is 12.6. The minimum absolute atomic E-state index is 0.108. The van der Waals surface area contributed by atoms with Crippen molar-refractivity contribution in [2.24, 2.45) is 0 Å². The molecule has 0 spiro atoms. The summed E-state index contributed by atoms with van der Waals surface area (Å²) in [5.74, 6) is 0.139. The fraction of sp³-hybridized carbons (Fsp3) is 0.263. The lowest BCUT2D eigenvalue weighted by atomic mass is 10.1. The summed E-state index contributed by atoms with van der Waals surface area (Å²) in [4.78, 5) is 17.2. The molecule has 2 aromatic heterocycles. The Morgan fingerprint density at radius 3 is 2.71 bits per heavy atom. The van der Waals surface area contributed by atoms with Crippen LogP contribution in [0.15, 0.2) is 42.6 Å². The first-order valence-corrected chi connectivity index (χ1v) is 8.12. The molecule has 0 unspecified atom stereocenters. The van der Waals surface area contributed by atoms with Crippen LogP contribution >= 0.6 is 0 Å². The van der Waals surface area contributed by atoms with Crippen molar-refractivity contribution >= 4 is 11.6 Å². The van der Waals surface area contributed by atoms with Crippen LogP contribution in [0.25, 0.3) is 5.65 Å². The van der Waals surface area contributed by atoms with Gasteiger partial charge in [0.2, 0.25) is 0 Å². The van der Waals surface area contributed by atoms with Gasteiger partial charge in [-0.2, -0.15) is 0 Å². The van der Waals surface area contributed by atoms with Crippen molar-refractivity contribution in [3.8, 4) is 5.75 Å². The number of nitrogens with one attached hydrogen (secondary N) is 1. The van der Waals surface area contributed by atoms with Crippen LogP contribution in [0.4, 0.5) is 0 Å². The van der Waals surface area contributed by atoms with Gasteiger partial charge < -0.3 is 10.4 Å². The molecule has 0 bridgehead atoms. The van der Waals surface area contributed by atoms with E-state index in [0.29, 0.717) is 25.1 Å². The number of amides is 1. The van der Waals surface area contributed by atoms with Gasteiger partial charge in [0, 0.05) is 12.7 Å². The molecule has 0 saturated carbocycles. The first-order valence-electron chi connectivity index (χ1n) is 8.12. The SMILES string of the molecule is CCc1nc2c(C)cccn2c1C(=O)NCCc1ccc(O)cc1. The minimum atomic E-state index is -0.108. The summed E-state index contributed by atoms with van der Waals surface area (Å²) in [7, 11) is 0. The highest BCUT2D eigenvalue weighted by Gasteiger charge is 2.18. The highest BCUT2D eigenvalue weighted by molar-refractivity contribution is 5.94. The van der Waals surface area contributed by atoms with Crippen molar-refractivity contribution in [2.75, 3.05) is 6.54 Å². The lowest BCUT2D eigenvalue weighted by Gasteiger charge is -2.07. The zero-order valence-electron chi connectivity index (χ0n) is 13.9. The van der Waals surface area contributed by atoms with Crippen LogP contribution in [0.2, 0.25) is 0 Å². The number of fused-ring (bicyclic) bond motifs is 1. The van der Waals surface area contributed by atoms with Gasteiger partial charge in [-0.05, 0) is 49.1 Å². The molecule has 5 heteroatoms. The minimum Gasteiger partial charge on any atom is -0.508 e. The molecule has 0 fully saturated rings. The molecule has 3 aromatic rings. The smallest absolute Gasteiger partial charge is 0.270 e. The maximum absolute atomic E-state index is 12.6. The lowest BCUT2D eigenvalue weighted by Crippen LogP contribution is -2.27. The molecule has 0 aliphatic rings. The van der Waals surface area contributed by atoms with Crippen LogP contribution in [0.1, 0.15) is 34.2 Å². The Labute approximate surface area is 141 Å². The summed E-state index contributed by atoms with van der Waals surface area (Å²) in [5.41, 5.74) is 4.37. The normalized spacial score (nSPS) is 10.9. The second kappa shape index (κ2) is 6.74. The van der Waals surface area contributed by atoms with E-state index in [9.17, 15) is 9.90 Å². The molecule has 0 aliphatic carbocycles. The Morgan fingerprint density at radius 2 is 2.00 bits per heavy atom. The van der Waals surface area contributed by atoms with E-state index in [0.717, 1.165) is 22.5 Å². The topological polar surface area (TPSA) is 66.6 Å². The standard InChI is InChI=1S/C19H21N3O2/c1-3-16-17(22-12-4-5-13(2)18(22)21-16)19(24)20-11-10-14-6-8-15(23)9-7-14/h4-9,12,23H,3,10-11H2,1-2H3,(H,20,24). The van der Waals surface area contributed by atoms with E-state index in [4.69, 9.17) is 0 Å². The van der Waals surface area contributed by atoms with Crippen molar-refractivity contribution in [3.05, 3.63) is 65.1 Å². The van der Waals surface area contributed by atoms with Gasteiger partial charge in [-0.15, -0.1) is 0 Å². The second-order valence-electron chi connectivity index (χ2n) is 5.82. The maximum Gasteiger partial charge on any atom is 0.270 e. The number of aromatic nitrogens is 2. The predicted octanol–water partition coefficient (Wildman–Crippen LogP) is 2.88. The Morgan fingerprint density at radius 1 is 1.25 bits per heavy atom. The summed E-state index contributed by atoms with van der Waals surface area (Å²) in [6.45, 7) is 4.53. The third-order valence-corrected chi connectivity index (χ3v) is 4.10. The molecular weight excluding hydrogens is 302 g/mol. The van der Waals surface area contributed by atoms with E-state index in [2.05, 4.69) is 10.3 Å². The number of hydrogen-bond acceptors (Lipinski definition) is 3. The van der Waals surface area contributed by atoms with Gasteiger partial charge >= 0.3 is 0 Å². The van der Waals surface area contributed by atoms with E-state index < -0.39 is 0 Å². The van der Waals surface area contributed by atoms with Gasteiger partial charge in [-0.3, -0.25) is 9.20 Å². The van der Waals surface area contributed by atoms with Crippen molar-refractivity contribution in [1.29, 1.82) is 0 Å². The molecule has 0 saturated heterocycles. The summed E-state index contributed by atoms with van der Waals surface area (Å²) in [6, 6.07) is 10.9. The molecule has 124 valence electrons. The zero-order valence-corrected chi connectivity index (χ0v) is 13.9. The van der Waals surface area contributed by atoms with Crippen LogP contribution in [0, 0.1) is 6.92 Å². The highest BCUT2D eigenvalue weighted by atomic mass is 16.3. The third kappa shape index (κ3) is 3.11. The molecule has 24 heavy (non-hydrogen) atoms. The van der Waals surface area contributed by atoms with E-state index >= 15 is 0 Å². The van der Waals surface area contributed by atoms with Crippen LogP contribution in [0.5, 0.6) is 5.75 Å². The molecule has 0 atom stereocenters. The zero-order chi connectivity index (χ0) is 17.1. The number of aromatic hydroxyl groups is 1. The number of aryl methyl sites for hydroxylation is 2. The molecule has 0 radical (unpaired) electrons. The number of hydrogen-bond donors (Lipinski definition) is 2.